The van der Waals surface area contributed by atoms with Crippen LogP contribution in [0, 0.1) is 0 Å². The maximum Gasteiger partial charge on any atom is 0.261 e. The maximum atomic E-state index is 12.7. The number of hydrogen-bond donors (Lipinski definition) is 3. The number of nitrogens with one attached hydrogen (secondary N) is 2. The fraction of sp³-hybridized carbons (Fsp3) is 0.409. The third kappa shape index (κ3) is 7.72. The first-order valence-electron chi connectivity index (χ1n) is 10.9. The molecule has 192 valence electrons. The number of carbonyl (C=O) groups excluding carboxylic acids is 1. The molecule has 0 bridgehead atoms. The number of carbonyl (C=O) groups is 1. The lowest BCUT2D eigenvalue weighted by Crippen LogP contribution is -2.58. The third-order valence-corrected chi connectivity index (χ3v) is 8.53. The van der Waals surface area contributed by atoms with Gasteiger partial charge in [-0.3, -0.25) is 14.9 Å². The monoisotopic (exact) mass is 526 g/mol. The molecular weight excluding hydrogens is 496 g/mol. The number of hydroxylamine groups is 1. The van der Waals surface area contributed by atoms with E-state index in [4.69, 9.17) is 9.94 Å². The summed E-state index contributed by atoms with van der Waals surface area (Å²) in [7, 11) is -7.03. The van der Waals surface area contributed by atoms with Crippen LogP contribution < -0.4 is 15.5 Å². The first kappa shape index (κ1) is 27.0. The quantitative estimate of drug-likeness (QED) is 0.273. The van der Waals surface area contributed by atoms with E-state index in [2.05, 4.69) is 5.32 Å². The molecular formula is C22H30N4O7S2. The molecule has 2 aromatic carbocycles. The summed E-state index contributed by atoms with van der Waals surface area (Å²) in [5, 5.41) is 11.9. The molecule has 1 atom stereocenters. The molecule has 2 aromatic rings. The Hall–Kier alpha value is -2.55. The van der Waals surface area contributed by atoms with Crippen LogP contribution in [0.3, 0.4) is 0 Å². The Kier molecular flexibility index (Phi) is 9.21. The molecule has 3 rings (SSSR count). The summed E-state index contributed by atoms with van der Waals surface area (Å²) >= 11 is 0. The van der Waals surface area contributed by atoms with Crippen molar-refractivity contribution < 1.29 is 31.6 Å². The topological polar surface area (TPSA) is 145 Å². The fourth-order valence-electron chi connectivity index (χ4n) is 3.71. The second kappa shape index (κ2) is 11.9. The predicted molar refractivity (Wildman–Crippen MR) is 129 cm³/mol. The molecule has 0 aromatic heterocycles. The first-order valence-corrected chi connectivity index (χ1v) is 14.4. The van der Waals surface area contributed by atoms with E-state index in [1.807, 2.05) is 30.3 Å². The smallest absolute Gasteiger partial charge is 0.261 e. The number of ether oxygens (including phenoxy) is 1. The van der Waals surface area contributed by atoms with E-state index >= 15 is 0 Å². The first-order chi connectivity index (χ1) is 16.6. The Morgan fingerprint density at radius 2 is 1.63 bits per heavy atom. The number of hydrogen-bond acceptors (Lipinski definition) is 9. The molecule has 0 spiro atoms. The van der Waals surface area contributed by atoms with E-state index in [0.29, 0.717) is 12.4 Å². The van der Waals surface area contributed by atoms with Crippen LogP contribution in [-0.2, 0) is 31.3 Å². The average molecular weight is 527 g/mol. The summed E-state index contributed by atoms with van der Waals surface area (Å²) < 4.78 is 55.8. The van der Waals surface area contributed by atoms with Crippen LogP contribution in [0.4, 0.5) is 0 Å². The normalized spacial score (nSPS) is 16.5. The molecule has 1 aliphatic rings. The highest BCUT2D eigenvalue weighted by Gasteiger charge is 2.31. The highest BCUT2D eigenvalue weighted by atomic mass is 32.2. The SMILES string of the molecule is CS(=O)(=O)N1CCN(C(CNCS(=O)(=O)c2ccc(OCc3ccccc3)cc2)C(=O)NO)CC1. The van der Waals surface area contributed by atoms with Crippen LogP contribution in [0.5, 0.6) is 5.75 Å². The van der Waals surface area contributed by atoms with E-state index in [0.717, 1.165) is 11.8 Å². The second-order valence-electron chi connectivity index (χ2n) is 8.15. The van der Waals surface area contributed by atoms with Crippen molar-refractivity contribution in [2.45, 2.75) is 17.5 Å². The molecule has 0 aliphatic carbocycles. The van der Waals surface area contributed by atoms with Crippen molar-refractivity contribution in [2.75, 3.05) is 44.9 Å². The summed E-state index contributed by atoms with van der Waals surface area (Å²) in [6, 6.07) is 14.8. The Balaban J connectivity index is 1.54. The summed E-state index contributed by atoms with van der Waals surface area (Å²) in [5.41, 5.74) is 2.59. The van der Waals surface area contributed by atoms with Gasteiger partial charge in [0.25, 0.3) is 5.91 Å². The van der Waals surface area contributed by atoms with Gasteiger partial charge in [-0.15, -0.1) is 0 Å². The van der Waals surface area contributed by atoms with Gasteiger partial charge in [0.1, 0.15) is 24.3 Å². The molecule has 1 aliphatic heterocycles. The van der Waals surface area contributed by atoms with Crippen molar-refractivity contribution in [1.82, 2.24) is 20.0 Å². The Labute approximate surface area is 205 Å². The van der Waals surface area contributed by atoms with Crippen molar-refractivity contribution in [3.05, 3.63) is 60.2 Å². The largest absolute Gasteiger partial charge is 0.489 e. The molecule has 1 fully saturated rings. The minimum Gasteiger partial charge on any atom is -0.489 e. The number of sulfonamides is 1. The highest BCUT2D eigenvalue weighted by Crippen LogP contribution is 2.18. The van der Waals surface area contributed by atoms with Gasteiger partial charge in [0.15, 0.2) is 9.84 Å². The summed E-state index contributed by atoms with van der Waals surface area (Å²) in [4.78, 5) is 14.0. The third-order valence-electron chi connectivity index (χ3n) is 5.66. The van der Waals surface area contributed by atoms with Crippen molar-refractivity contribution in [3.63, 3.8) is 0 Å². The van der Waals surface area contributed by atoms with Gasteiger partial charge in [-0.25, -0.2) is 22.3 Å². The molecule has 35 heavy (non-hydrogen) atoms. The van der Waals surface area contributed by atoms with Crippen molar-refractivity contribution in [3.8, 4) is 5.75 Å². The molecule has 0 radical (unpaired) electrons. The van der Waals surface area contributed by atoms with E-state index < -0.39 is 37.7 Å². The van der Waals surface area contributed by atoms with Crippen LogP contribution in [0.25, 0.3) is 0 Å². The van der Waals surface area contributed by atoms with E-state index in [1.165, 1.54) is 16.4 Å². The zero-order valence-corrected chi connectivity index (χ0v) is 21.0. The molecule has 13 heteroatoms. The minimum atomic E-state index is -3.70. The predicted octanol–water partition coefficient (Wildman–Crippen LogP) is 0.0376. The second-order valence-corrected chi connectivity index (χ2v) is 12.1. The van der Waals surface area contributed by atoms with Crippen LogP contribution in [0.2, 0.25) is 0 Å². The number of amides is 1. The molecule has 1 amide bonds. The number of rotatable bonds is 11. The number of sulfone groups is 1. The standard InChI is InChI=1S/C22H30N4O7S2/c1-34(29,30)26-13-11-25(12-14-26)21(22(27)24-28)15-23-17-35(31,32)20-9-7-19(8-10-20)33-16-18-5-3-2-4-6-18/h2-10,21,23,28H,11-17H2,1H3,(H,24,27). The average Bonchev–Trinajstić information content (AvgIpc) is 2.85. The van der Waals surface area contributed by atoms with Gasteiger partial charge in [0, 0.05) is 32.7 Å². The van der Waals surface area contributed by atoms with E-state index in [9.17, 15) is 21.6 Å². The van der Waals surface area contributed by atoms with Gasteiger partial charge < -0.3 is 10.1 Å². The summed E-state index contributed by atoms with van der Waals surface area (Å²) in [6.45, 7) is 1.24. The van der Waals surface area contributed by atoms with Gasteiger partial charge in [-0.05, 0) is 29.8 Å². The minimum absolute atomic E-state index is 0.0528. The molecule has 1 heterocycles. The molecule has 1 unspecified atom stereocenters. The van der Waals surface area contributed by atoms with Crippen molar-refractivity contribution in [2.24, 2.45) is 0 Å². The maximum absolute atomic E-state index is 12.7. The van der Waals surface area contributed by atoms with Crippen molar-refractivity contribution >= 4 is 25.8 Å². The van der Waals surface area contributed by atoms with Crippen LogP contribution >= 0.6 is 0 Å². The zero-order valence-electron chi connectivity index (χ0n) is 19.3. The lowest BCUT2D eigenvalue weighted by molar-refractivity contribution is -0.135. The Morgan fingerprint density at radius 3 is 2.20 bits per heavy atom. The van der Waals surface area contributed by atoms with E-state index in [1.54, 1.807) is 22.5 Å². The Bertz CT molecular complexity index is 1180. The molecule has 3 N–H and O–H groups in total. The Morgan fingerprint density at radius 1 is 1.00 bits per heavy atom. The van der Waals surface area contributed by atoms with Crippen LogP contribution in [0.1, 0.15) is 5.56 Å². The number of piperazine rings is 1. The van der Waals surface area contributed by atoms with E-state index in [-0.39, 0.29) is 37.6 Å². The summed E-state index contributed by atoms with van der Waals surface area (Å²) in [5.74, 6) is -0.591. The number of benzene rings is 2. The number of nitrogens with zero attached hydrogens (tertiary/aromatic N) is 2. The van der Waals surface area contributed by atoms with Gasteiger partial charge in [-0.1, -0.05) is 30.3 Å². The zero-order chi connectivity index (χ0) is 25.5. The van der Waals surface area contributed by atoms with Gasteiger partial charge in [0.2, 0.25) is 10.0 Å². The summed E-state index contributed by atoms with van der Waals surface area (Å²) in [6.07, 6.45) is 1.12. The fourth-order valence-corrected chi connectivity index (χ4v) is 5.64. The van der Waals surface area contributed by atoms with Gasteiger partial charge in [-0.2, -0.15) is 4.31 Å². The van der Waals surface area contributed by atoms with Crippen LogP contribution in [-0.4, -0.2) is 88.1 Å². The van der Waals surface area contributed by atoms with Crippen LogP contribution in [0.15, 0.2) is 59.5 Å². The lowest BCUT2D eigenvalue weighted by Gasteiger charge is -2.37. The van der Waals surface area contributed by atoms with Gasteiger partial charge in [0.05, 0.1) is 11.2 Å². The highest BCUT2D eigenvalue weighted by molar-refractivity contribution is 7.91. The van der Waals surface area contributed by atoms with Crippen molar-refractivity contribution in [1.29, 1.82) is 0 Å². The van der Waals surface area contributed by atoms with Gasteiger partial charge >= 0.3 is 0 Å². The molecule has 0 saturated carbocycles. The lowest BCUT2D eigenvalue weighted by atomic mass is 10.2. The molecule has 11 nitrogen and oxygen atoms in total. The molecule has 1 saturated heterocycles.